The van der Waals surface area contributed by atoms with Crippen LogP contribution < -0.4 is 15.2 Å². The Morgan fingerprint density at radius 3 is 2.48 bits per heavy atom. The molecule has 0 spiro atoms. The van der Waals surface area contributed by atoms with Crippen molar-refractivity contribution in [3.8, 4) is 11.5 Å². The molecule has 0 atom stereocenters. The molecule has 5 heteroatoms. The first kappa shape index (κ1) is 14.7. The molecule has 3 N–H and O–H groups in total. The average molecular weight is 287 g/mol. The second-order valence-corrected chi connectivity index (χ2v) is 4.42. The summed E-state index contributed by atoms with van der Waals surface area (Å²) in [5.41, 5.74) is 6.03. The van der Waals surface area contributed by atoms with Gasteiger partial charge in [0.1, 0.15) is 17.1 Å². The van der Waals surface area contributed by atoms with Crippen LogP contribution in [0.5, 0.6) is 11.5 Å². The van der Waals surface area contributed by atoms with Crippen molar-refractivity contribution >= 4 is 11.7 Å². The molecule has 0 heterocycles. The Morgan fingerprint density at radius 1 is 1.05 bits per heavy atom. The Hall–Kier alpha value is -2.69. The molecule has 0 amide bonds. The molecule has 0 aliphatic heterocycles. The van der Waals surface area contributed by atoms with E-state index in [0.717, 1.165) is 5.75 Å². The zero-order valence-corrected chi connectivity index (χ0v) is 11.5. The monoisotopic (exact) mass is 287 g/mol. The van der Waals surface area contributed by atoms with E-state index in [0.29, 0.717) is 31.1 Å². The number of nitrogens with two attached hydrogens (primary N) is 1. The summed E-state index contributed by atoms with van der Waals surface area (Å²) in [5, 5.41) is 9.08. The summed E-state index contributed by atoms with van der Waals surface area (Å²) in [6, 6.07) is 14.0. The van der Waals surface area contributed by atoms with Crippen LogP contribution in [0, 0.1) is 0 Å². The van der Waals surface area contributed by atoms with Crippen LogP contribution in [0.15, 0.2) is 48.5 Å². The molecular formula is C16H17NO4. The molecule has 0 bridgehead atoms. The van der Waals surface area contributed by atoms with Gasteiger partial charge in [-0.2, -0.15) is 0 Å². The fraction of sp³-hybridized carbons (Fsp3) is 0.188. The summed E-state index contributed by atoms with van der Waals surface area (Å²) in [5.74, 6) is 0.0606. The highest BCUT2D eigenvalue weighted by atomic mass is 16.5. The fourth-order valence-electron chi connectivity index (χ4n) is 1.79. The Balaban J connectivity index is 1.80. The molecule has 2 rings (SSSR count). The Bertz CT molecular complexity index is 598. The van der Waals surface area contributed by atoms with E-state index < -0.39 is 5.97 Å². The highest BCUT2D eigenvalue weighted by molar-refractivity contribution is 5.92. The molecule has 0 radical (unpaired) electrons. The van der Waals surface area contributed by atoms with Crippen molar-refractivity contribution in [3.63, 3.8) is 0 Å². The summed E-state index contributed by atoms with van der Waals surface area (Å²) in [6.45, 7) is 0.873. The molecule has 110 valence electrons. The van der Waals surface area contributed by atoms with Crippen LogP contribution in [-0.4, -0.2) is 24.3 Å². The van der Waals surface area contributed by atoms with E-state index in [1.54, 1.807) is 12.1 Å². The molecule has 0 saturated heterocycles. The molecule has 0 unspecified atom stereocenters. The predicted octanol–water partition coefficient (Wildman–Crippen LogP) is 2.81. The van der Waals surface area contributed by atoms with Gasteiger partial charge in [-0.1, -0.05) is 18.2 Å². The first-order valence-corrected chi connectivity index (χ1v) is 6.60. The number of rotatable bonds is 7. The number of ether oxygens (including phenoxy) is 2. The number of hydrogen-bond acceptors (Lipinski definition) is 4. The lowest BCUT2D eigenvalue weighted by molar-refractivity contribution is 0.0692. The van der Waals surface area contributed by atoms with Gasteiger partial charge < -0.3 is 20.3 Å². The van der Waals surface area contributed by atoms with Crippen LogP contribution in [0.25, 0.3) is 0 Å². The maximum atomic E-state index is 11.1. The normalized spacial score (nSPS) is 10.1. The predicted molar refractivity (Wildman–Crippen MR) is 79.9 cm³/mol. The summed E-state index contributed by atoms with van der Waals surface area (Å²) in [4.78, 5) is 11.1. The van der Waals surface area contributed by atoms with Crippen molar-refractivity contribution in [2.24, 2.45) is 0 Å². The number of anilines is 1. The second-order valence-electron chi connectivity index (χ2n) is 4.42. The van der Waals surface area contributed by atoms with E-state index in [-0.39, 0.29) is 5.56 Å². The molecular weight excluding hydrogens is 270 g/mol. The third-order valence-electron chi connectivity index (χ3n) is 2.79. The summed E-state index contributed by atoms with van der Waals surface area (Å²) < 4.78 is 11.0. The van der Waals surface area contributed by atoms with E-state index >= 15 is 0 Å². The number of carboxylic acids is 1. The third kappa shape index (κ3) is 4.42. The zero-order chi connectivity index (χ0) is 15.1. The van der Waals surface area contributed by atoms with Gasteiger partial charge in [-0.15, -0.1) is 0 Å². The minimum Gasteiger partial charge on any atom is -0.493 e. The van der Waals surface area contributed by atoms with Crippen molar-refractivity contribution in [2.75, 3.05) is 18.9 Å². The van der Waals surface area contributed by atoms with E-state index in [4.69, 9.17) is 20.3 Å². The number of aromatic carboxylic acids is 1. The van der Waals surface area contributed by atoms with E-state index in [2.05, 4.69) is 0 Å². The summed E-state index contributed by atoms with van der Waals surface area (Å²) >= 11 is 0. The van der Waals surface area contributed by atoms with E-state index in [1.807, 2.05) is 30.3 Å². The lowest BCUT2D eigenvalue weighted by atomic mass is 10.2. The van der Waals surface area contributed by atoms with Crippen LogP contribution in [0.4, 0.5) is 5.69 Å². The topological polar surface area (TPSA) is 81.8 Å². The lowest BCUT2D eigenvalue weighted by Gasteiger charge is -2.10. The first-order valence-electron chi connectivity index (χ1n) is 6.60. The van der Waals surface area contributed by atoms with Gasteiger partial charge in [0, 0.05) is 12.1 Å². The van der Waals surface area contributed by atoms with Crippen molar-refractivity contribution in [3.05, 3.63) is 54.1 Å². The SMILES string of the molecule is Nc1ccc(OCCCOc2ccccc2)c(C(=O)O)c1. The molecule has 21 heavy (non-hydrogen) atoms. The van der Waals surface area contributed by atoms with Crippen molar-refractivity contribution in [2.45, 2.75) is 6.42 Å². The Morgan fingerprint density at radius 2 is 1.76 bits per heavy atom. The Kier molecular flexibility index (Phi) is 5.04. The van der Waals surface area contributed by atoms with Crippen molar-refractivity contribution in [1.82, 2.24) is 0 Å². The molecule has 0 aliphatic rings. The number of carbonyl (C=O) groups is 1. The molecule has 0 aromatic heterocycles. The van der Waals surface area contributed by atoms with Gasteiger partial charge in [0.05, 0.1) is 13.2 Å². The van der Waals surface area contributed by atoms with Gasteiger partial charge in [0.2, 0.25) is 0 Å². The van der Waals surface area contributed by atoms with Crippen LogP contribution in [0.2, 0.25) is 0 Å². The van der Waals surface area contributed by atoms with E-state index in [9.17, 15) is 4.79 Å². The molecule has 2 aromatic carbocycles. The number of nitrogen functional groups attached to an aromatic ring is 1. The highest BCUT2D eigenvalue weighted by Gasteiger charge is 2.11. The standard InChI is InChI=1S/C16H17NO4/c17-12-7-8-15(14(11-12)16(18)19)21-10-4-9-20-13-5-2-1-3-6-13/h1-3,5-8,11H,4,9-10,17H2,(H,18,19). The number of para-hydroxylation sites is 1. The lowest BCUT2D eigenvalue weighted by Crippen LogP contribution is -2.08. The third-order valence-corrected chi connectivity index (χ3v) is 2.79. The Labute approximate surface area is 122 Å². The van der Waals surface area contributed by atoms with Gasteiger partial charge in [-0.05, 0) is 30.3 Å². The quantitative estimate of drug-likeness (QED) is 0.604. The summed E-state index contributed by atoms with van der Waals surface area (Å²) in [6.07, 6.45) is 0.651. The van der Waals surface area contributed by atoms with E-state index in [1.165, 1.54) is 6.07 Å². The minimum atomic E-state index is -1.06. The van der Waals surface area contributed by atoms with Gasteiger partial charge in [-0.3, -0.25) is 0 Å². The fourth-order valence-corrected chi connectivity index (χ4v) is 1.79. The van der Waals surface area contributed by atoms with Crippen LogP contribution in [-0.2, 0) is 0 Å². The molecule has 0 saturated carbocycles. The average Bonchev–Trinajstić information content (AvgIpc) is 2.49. The van der Waals surface area contributed by atoms with Gasteiger partial charge in [0.15, 0.2) is 0 Å². The maximum absolute atomic E-state index is 11.1. The summed E-state index contributed by atoms with van der Waals surface area (Å²) in [7, 11) is 0. The number of benzene rings is 2. The molecule has 0 aliphatic carbocycles. The number of hydrogen-bond donors (Lipinski definition) is 2. The van der Waals surface area contributed by atoms with Gasteiger partial charge >= 0.3 is 5.97 Å². The molecule has 2 aromatic rings. The second kappa shape index (κ2) is 7.19. The van der Waals surface area contributed by atoms with Crippen molar-refractivity contribution < 1.29 is 19.4 Å². The largest absolute Gasteiger partial charge is 0.493 e. The van der Waals surface area contributed by atoms with Gasteiger partial charge in [-0.25, -0.2) is 4.79 Å². The maximum Gasteiger partial charge on any atom is 0.339 e. The highest BCUT2D eigenvalue weighted by Crippen LogP contribution is 2.21. The van der Waals surface area contributed by atoms with Gasteiger partial charge in [0.25, 0.3) is 0 Å². The van der Waals surface area contributed by atoms with Crippen LogP contribution in [0.3, 0.4) is 0 Å². The molecule has 5 nitrogen and oxygen atoms in total. The number of carboxylic acid groups (broad SMARTS) is 1. The van der Waals surface area contributed by atoms with Crippen LogP contribution >= 0.6 is 0 Å². The minimum absolute atomic E-state index is 0.0685. The zero-order valence-electron chi connectivity index (χ0n) is 11.5. The van der Waals surface area contributed by atoms with Crippen molar-refractivity contribution in [1.29, 1.82) is 0 Å². The first-order chi connectivity index (χ1) is 10.2. The smallest absolute Gasteiger partial charge is 0.339 e. The molecule has 0 fully saturated rings. The van der Waals surface area contributed by atoms with Crippen LogP contribution in [0.1, 0.15) is 16.8 Å².